The maximum Gasteiger partial charge on any atom is 0.325 e. The molecule has 0 radical (unpaired) electrons. The quantitative estimate of drug-likeness (QED) is 0.549. The second-order valence-electron chi connectivity index (χ2n) is 8.43. The molecule has 0 aliphatic carbocycles. The van der Waals surface area contributed by atoms with E-state index in [0.29, 0.717) is 12.0 Å². The second-order valence-corrected chi connectivity index (χ2v) is 8.43. The van der Waals surface area contributed by atoms with Crippen LogP contribution in [0.1, 0.15) is 25.0 Å². The Morgan fingerprint density at radius 1 is 0.970 bits per heavy atom. The summed E-state index contributed by atoms with van der Waals surface area (Å²) in [6.07, 6.45) is 0.330. The number of hydrogen-bond donors (Lipinski definition) is 2. The predicted octanol–water partition coefficient (Wildman–Crippen LogP) is 2.92. The fraction of sp³-hybridized carbons (Fsp3) is 0.231. The van der Waals surface area contributed by atoms with Gasteiger partial charge in [0.15, 0.2) is 5.78 Å². The molecule has 2 unspecified atom stereocenters. The molecule has 7 nitrogen and oxygen atoms in total. The van der Waals surface area contributed by atoms with Gasteiger partial charge < -0.3 is 10.6 Å². The predicted molar refractivity (Wildman–Crippen MR) is 124 cm³/mol. The number of fused-ring (bicyclic) bond motifs is 1. The third kappa shape index (κ3) is 4.48. The summed E-state index contributed by atoms with van der Waals surface area (Å²) in [5.41, 5.74) is 0.246. The highest BCUT2D eigenvalue weighted by atomic mass is 16.2. The molecular formula is C26H25N3O4. The number of ketones is 1. The number of carbonyl (C=O) groups is 4. The monoisotopic (exact) mass is 443 g/mol. The van der Waals surface area contributed by atoms with Crippen molar-refractivity contribution in [2.45, 2.75) is 31.8 Å². The summed E-state index contributed by atoms with van der Waals surface area (Å²) >= 11 is 0. The van der Waals surface area contributed by atoms with Gasteiger partial charge in [0, 0.05) is 0 Å². The zero-order valence-corrected chi connectivity index (χ0v) is 18.5. The fourth-order valence-electron chi connectivity index (χ4n) is 4.07. The molecule has 3 aromatic rings. The maximum absolute atomic E-state index is 13.2. The van der Waals surface area contributed by atoms with Crippen molar-refractivity contribution >= 4 is 34.4 Å². The van der Waals surface area contributed by atoms with E-state index < -0.39 is 36.0 Å². The lowest BCUT2D eigenvalue weighted by atomic mass is 9.90. The van der Waals surface area contributed by atoms with E-state index in [9.17, 15) is 19.2 Å². The van der Waals surface area contributed by atoms with Gasteiger partial charge in [-0.1, -0.05) is 66.7 Å². The molecular weight excluding hydrogens is 418 g/mol. The van der Waals surface area contributed by atoms with Crippen molar-refractivity contribution in [3.63, 3.8) is 0 Å². The van der Waals surface area contributed by atoms with E-state index in [0.717, 1.165) is 21.2 Å². The molecule has 4 amide bonds. The number of hydrogen-bond acceptors (Lipinski definition) is 4. The van der Waals surface area contributed by atoms with Crippen LogP contribution in [0.5, 0.6) is 0 Å². The molecule has 1 aliphatic heterocycles. The van der Waals surface area contributed by atoms with Crippen LogP contribution in [0.2, 0.25) is 0 Å². The van der Waals surface area contributed by atoms with E-state index in [1.807, 2.05) is 66.7 Å². The molecule has 168 valence electrons. The van der Waals surface area contributed by atoms with Crippen molar-refractivity contribution in [2.75, 3.05) is 6.54 Å². The smallest absolute Gasteiger partial charge is 0.325 e. The molecule has 0 spiro atoms. The van der Waals surface area contributed by atoms with Gasteiger partial charge in [-0.25, -0.2) is 4.79 Å². The molecule has 4 rings (SSSR count). The number of Topliss-reactive ketones (excluding diaryl/α,β-unsaturated/α-hetero) is 1. The van der Waals surface area contributed by atoms with Crippen LogP contribution in [0.3, 0.4) is 0 Å². The van der Waals surface area contributed by atoms with Gasteiger partial charge in [-0.05, 0) is 48.2 Å². The molecule has 2 N–H and O–H groups in total. The minimum Gasteiger partial charge on any atom is -0.344 e. The first kappa shape index (κ1) is 22.2. The van der Waals surface area contributed by atoms with Crippen molar-refractivity contribution in [1.29, 1.82) is 0 Å². The SMILES string of the molecule is CC(=O)C(Cc1ccccc1)NC(=O)CN1C(=O)NC(C)(c2ccc3ccccc3c2)C1=O. The zero-order chi connectivity index (χ0) is 23.6. The van der Waals surface area contributed by atoms with Crippen molar-refractivity contribution in [3.05, 3.63) is 83.9 Å². The average Bonchev–Trinajstić information content (AvgIpc) is 3.02. The molecule has 1 fully saturated rings. The summed E-state index contributed by atoms with van der Waals surface area (Å²) in [7, 11) is 0. The van der Waals surface area contributed by atoms with Crippen molar-refractivity contribution in [3.8, 4) is 0 Å². The summed E-state index contributed by atoms with van der Waals surface area (Å²) < 4.78 is 0. The topological polar surface area (TPSA) is 95.6 Å². The molecule has 1 aliphatic rings. The summed E-state index contributed by atoms with van der Waals surface area (Å²) in [4.78, 5) is 51.5. The number of imide groups is 1. The summed E-state index contributed by atoms with van der Waals surface area (Å²) in [5, 5.41) is 7.35. The lowest BCUT2D eigenvalue weighted by Crippen LogP contribution is -2.48. The van der Waals surface area contributed by atoms with Gasteiger partial charge in [-0.2, -0.15) is 0 Å². The first-order valence-electron chi connectivity index (χ1n) is 10.7. The molecule has 1 heterocycles. The first-order chi connectivity index (χ1) is 15.8. The van der Waals surface area contributed by atoms with E-state index in [1.165, 1.54) is 6.92 Å². The number of rotatable bonds is 7. The van der Waals surface area contributed by atoms with Gasteiger partial charge >= 0.3 is 6.03 Å². The minimum absolute atomic E-state index is 0.203. The maximum atomic E-state index is 13.2. The molecule has 0 saturated carbocycles. The first-order valence-corrected chi connectivity index (χ1v) is 10.7. The van der Waals surface area contributed by atoms with Gasteiger partial charge in [0.25, 0.3) is 5.91 Å². The molecule has 3 aromatic carbocycles. The fourth-order valence-corrected chi connectivity index (χ4v) is 4.07. The van der Waals surface area contributed by atoms with E-state index >= 15 is 0 Å². The zero-order valence-electron chi connectivity index (χ0n) is 18.5. The third-order valence-corrected chi connectivity index (χ3v) is 6.01. The molecule has 2 atom stereocenters. The van der Waals surface area contributed by atoms with Crippen molar-refractivity contribution < 1.29 is 19.2 Å². The molecule has 7 heteroatoms. The molecule has 0 aromatic heterocycles. The van der Waals surface area contributed by atoms with Gasteiger partial charge in [-0.3, -0.25) is 19.3 Å². The lowest BCUT2D eigenvalue weighted by molar-refractivity contribution is -0.135. The van der Waals surface area contributed by atoms with Gasteiger partial charge in [0.05, 0.1) is 6.04 Å². The largest absolute Gasteiger partial charge is 0.344 e. The van der Waals surface area contributed by atoms with E-state index in [-0.39, 0.29) is 5.78 Å². The van der Waals surface area contributed by atoms with Crippen LogP contribution in [-0.4, -0.2) is 41.1 Å². The number of benzene rings is 3. The van der Waals surface area contributed by atoms with Crippen LogP contribution in [0, 0.1) is 0 Å². The number of nitrogens with one attached hydrogen (secondary N) is 2. The normalized spacial score (nSPS) is 18.8. The molecule has 0 bridgehead atoms. The highest BCUT2D eigenvalue weighted by molar-refractivity contribution is 6.09. The van der Waals surface area contributed by atoms with E-state index in [4.69, 9.17) is 0 Å². The van der Waals surface area contributed by atoms with Crippen molar-refractivity contribution in [1.82, 2.24) is 15.5 Å². The second kappa shape index (κ2) is 8.86. The number of urea groups is 1. The van der Waals surface area contributed by atoms with E-state index in [2.05, 4.69) is 10.6 Å². The van der Waals surface area contributed by atoms with Crippen LogP contribution in [0.25, 0.3) is 10.8 Å². The Bertz CT molecular complexity index is 1240. The van der Waals surface area contributed by atoms with E-state index in [1.54, 1.807) is 13.0 Å². The Kier molecular flexibility index (Phi) is 5.96. The summed E-state index contributed by atoms with van der Waals surface area (Å²) in [5.74, 6) is -1.29. The highest BCUT2D eigenvalue weighted by Crippen LogP contribution is 2.30. The molecule has 33 heavy (non-hydrogen) atoms. The summed E-state index contributed by atoms with van der Waals surface area (Å²) in [6.45, 7) is 2.56. The summed E-state index contributed by atoms with van der Waals surface area (Å²) in [6, 6.07) is 21.2. The van der Waals surface area contributed by atoms with Crippen LogP contribution in [0.4, 0.5) is 4.79 Å². The minimum atomic E-state index is -1.29. The van der Waals surface area contributed by atoms with Gasteiger partial charge in [-0.15, -0.1) is 0 Å². The number of nitrogens with zero attached hydrogens (tertiary/aromatic N) is 1. The highest BCUT2D eigenvalue weighted by Gasteiger charge is 2.49. The van der Waals surface area contributed by atoms with Crippen LogP contribution in [-0.2, 0) is 26.3 Å². The standard InChI is InChI=1S/C26H25N3O4/c1-17(30)22(14-18-8-4-3-5-9-18)27-23(31)16-29-24(32)26(2,28-25(29)33)21-13-12-19-10-6-7-11-20(19)15-21/h3-13,15,22H,14,16H2,1-2H3,(H,27,31)(H,28,33). The van der Waals surface area contributed by atoms with Gasteiger partial charge in [0.2, 0.25) is 5.91 Å². The van der Waals surface area contributed by atoms with Crippen LogP contribution in [0.15, 0.2) is 72.8 Å². The Morgan fingerprint density at radius 3 is 2.33 bits per heavy atom. The van der Waals surface area contributed by atoms with Crippen LogP contribution < -0.4 is 10.6 Å². The Balaban J connectivity index is 1.48. The average molecular weight is 444 g/mol. The number of amides is 4. The lowest BCUT2D eigenvalue weighted by Gasteiger charge is -2.23. The Hall–Kier alpha value is -4.00. The third-order valence-electron chi connectivity index (χ3n) is 6.01. The Morgan fingerprint density at radius 2 is 1.64 bits per heavy atom. The number of carbonyl (C=O) groups excluding carboxylic acids is 4. The van der Waals surface area contributed by atoms with Crippen molar-refractivity contribution in [2.24, 2.45) is 0 Å². The van der Waals surface area contributed by atoms with Crippen LogP contribution >= 0.6 is 0 Å². The molecule has 1 saturated heterocycles. The van der Waals surface area contributed by atoms with Gasteiger partial charge in [0.1, 0.15) is 12.1 Å². The Labute approximate surface area is 191 Å².